The summed E-state index contributed by atoms with van der Waals surface area (Å²) in [6, 6.07) is 17.2. The number of rotatable bonds is 8. The topological polar surface area (TPSA) is 42.4 Å². The minimum Gasteiger partial charge on any atom is -0.487 e. The highest BCUT2D eigenvalue weighted by Gasteiger charge is 2.17. The summed E-state index contributed by atoms with van der Waals surface area (Å²) < 4.78 is 5.78. The molecular formula is C21H22N2O2S. The summed E-state index contributed by atoms with van der Waals surface area (Å²) >= 11 is 1.54. The van der Waals surface area contributed by atoms with Gasteiger partial charge in [0.1, 0.15) is 12.4 Å². The van der Waals surface area contributed by atoms with E-state index in [9.17, 15) is 4.79 Å². The third kappa shape index (κ3) is 4.70. The number of nitrogens with zero attached hydrogens (tertiary/aromatic N) is 2. The Bertz CT molecular complexity index is 819. The molecule has 0 saturated carbocycles. The molecule has 0 aliphatic heterocycles. The standard InChI is InChI=1S/C21H22N2O2S/c1-2-3-12-23(19-9-5-4-6-10-19)21(24)17-8-7-11-20(13-17)25-14-18-15-26-16-22-18/h4-11,13,15-16H,2-3,12,14H2,1H3. The molecule has 26 heavy (non-hydrogen) atoms. The van der Waals surface area contributed by atoms with Gasteiger partial charge in [-0.2, -0.15) is 0 Å². The molecule has 0 N–H and O–H groups in total. The van der Waals surface area contributed by atoms with E-state index in [0.717, 1.165) is 24.2 Å². The van der Waals surface area contributed by atoms with Gasteiger partial charge in [0.2, 0.25) is 0 Å². The zero-order valence-electron chi connectivity index (χ0n) is 14.8. The van der Waals surface area contributed by atoms with Crippen molar-refractivity contribution in [2.24, 2.45) is 0 Å². The van der Waals surface area contributed by atoms with Crippen molar-refractivity contribution in [3.05, 3.63) is 76.7 Å². The first-order chi connectivity index (χ1) is 12.8. The SMILES string of the molecule is CCCCN(C(=O)c1cccc(OCc2cscn2)c1)c1ccccc1. The van der Waals surface area contributed by atoms with Crippen LogP contribution in [0, 0.1) is 0 Å². The molecule has 1 heterocycles. The second-order valence-electron chi connectivity index (χ2n) is 5.94. The largest absolute Gasteiger partial charge is 0.487 e. The fourth-order valence-electron chi connectivity index (χ4n) is 2.61. The predicted octanol–water partition coefficient (Wildman–Crippen LogP) is 5.17. The van der Waals surface area contributed by atoms with E-state index < -0.39 is 0 Å². The number of para-hydroxylation sites is 1. The van der Waals surface area contributed by atoms with E-state index in [1.807, 2.05) is 58.8 Å². The molecule has 134 valence electrons. The predicted molar refractivity (Wildman–Crippen MR) is 106 cm³/mol. The Morgan fingerprint density at radius 3 is 2.73 bits per heavy atom. The van der Waals surface area contributed by atoms with Crippen LogP contribution in [-0.4, -0.2) is 17.4 Å². The number of benzene rings is 2. The summed E-state index contributed by atoms with van der Waals surface area (Å²) in [5, 5.41) is 1.96. The summed E-state index contributed by atoms with van der Waals surface area (Å²) in [7, 11) is 0. The monoisotopic (exact) mass is 366 g/mol. The number of amides is 1. The van der Waals surface area contributed by atoms with Gasteiger partial charge in [0, 0.05) is 23.2 Å². The molecule has 3 rings (SSSR count). The summed E-state index contributed by atoms with van der Waals surface area (Å²) in [6.07, 6.45) is 1.99. The van der Waals surface area contributed by atoms with Gasteiger partial charge in [-0.1, -0.05) is 37.6 Å². The van der Waals surface area contributed by atoms with E-state index in [1.54, 1.807) is 11.6 Å². The zero-order valence-corrected chi connectivity index (χ0v) is 15.6. The Hall–Kier alpha value is -2.66. The van der Waals surface area contributed by atoms with Gasteiger partial charge in [0.15, 0.2) is 0 Å². The average molecular weight is 366 g/mol. The molecule has 0 atom stereocenters. The van der Waals surface area contributed by atoms with Gasteiger partial charge in [-0.3, -0.25) is 4.79 Å². The minimum absolute atomic E-state index is 0.0104. The van der Waals surface area contributed by atoms with Crippen molar-refractivity contribution >= 4 is 22.9 Å². The van der Waals surface area contributed by atoms with Gasteiger partial charge in [-0.15, -0.1) is 11.3 Å². The second kappa shape index (κ2) is 9.15. The molecule has 4 nitrogen and oxygen atoms in total. The maximum atomic E-state index is 13.1. The normalized spacial score (nSPS) is 10.5. The highest BCUT2D eigenvalue weighted by Crippen LogP contribution is 2.21. The molecule has 1 amide bonds. The van der Waals surface area contributed by atoms with Crippen LogP contribution in [0.15, 0.2) is 65.5 Å². The fourth-order valence-corrected chi connectivity index (χ4v) is 3.16. The van der Waals surface area contributed by atoms with E-state index >= 15 is 0 Å². The lowest BCUT2D eigenvalue weighted by molar-refractivity contribution is 0.0986. The number of ether oxygens (including phenoxy) is 1. The molecule has 2 aromatic carbocycles. The number of anilines is 1. The minimum atomic E-state index is -0.0104. The van der Waals surface area contributed by atoms with Crippen molar-refractivity contribution in [1.29, 1.82) is 0 Å². The van der Waals surface area contributed by atoms with E-state index in [0.29, 0.717) is 24.5 Å². The summed E-state index contributed by atoms with van der Waals surface area (Å²) in [5.41, 5.74) is 4.21. The molecule has 0 saturated heterocycles. The second-order valence-corrected chi connectivity index (χ2v) is 6.66. The summed E-state index contributed by atoms with van der Waals surface area (Å²) in [5.74, 6) is 0.663. The Morgan fingerprint density at radius 2 is 2.00 bits per heavy atom. The first-order valence-corrected chi connectivity index (χ1v) is 9.69. The number of unbranched alkanes of at least 4 members (excludes halogenated alkanes) is 1. The first kappa shape index (κ1) is 18.1. The third-order valence-corrected chi connectivity index (χ3v) is 4.63. The highest BCUT2D eigenvalue weighted by molar-refractivity contribution is 7.07. The van der Waals surface area contributed by atoms with Crippen LogP contribution in [0.4, 0.5) is 5.69 Å². The number of thiazole rings is 1. The molecule has 0 aliphatic carbocycles. The van der Waals surface area contributed by atoms with Crippen LogP contribution in [0.3, 0.4) is 0 Å². The van der Waals surface area contributed by atoms with Crippen LogP contribution < -0.4 is 9.64 Å². The molecular weight excluding hydrogens is 344 g/mol. The third-order valence-electron chi connectivity index (χ3n) is 4.00. The fraction of sp³-hybridized carbons (Fsp3) is 0.238. The Kier molecular flexibility index (Phi) is 6.39. The van der Waals surface area contributed by atoms with E-state index in [-0.39, 0.29) is 5.91 Å². The molecule has 5 heteroatoms. The van der Waals surface area contributed by atoms with Crippen molar-refractivity contribution < 1.29 is 9.53 Å². The molecule has 1 aromatic heterocycles. The van der Waals surface area contributed by atoms with Gasteiger partial charge < -0.3 is 9.64 Å². The van der Waals surface area contributed by atoms with Gasteiger partial charge >= 0.3 is 0 Å². The van der Waals surface area contributed by atoms with Crippen LogP contribution in [0.1, 0.15) is 35.8 Å². The van der Waals surface area contributed by atoms with Crippen molar-refractivity contribution in [1.82, 2.24) is 4.98 Å². The number of carbonyl (C=O) groups is 1. The summed E-state index contributed by atoms with van der Waals surface area (Å²) in [6.45, 7) is 3.23. The van der Waals surface area contributed by atoms with E-state index in [2.05, 4.69) is 11.9 Å². The maximum absolute atomic E-state index is 13.1. The number of hydrogen-bond donors (Lipinski definition) is 0. The highest BCUT2D eigenvalue weighted by atomic mass is 32.1. The number of aromatic nitrogens is 1. The van der Waals surface area contributed by atoms with Crippen LogP contribution in [0.2, 0.25) is 0 Å². The zero-order chi connectivity index (χ0) is 18.2. The van der Waals surface area contributed by atoms with E-state index in [4.69, 9.17) is 4.74 Å². The van der Waals surface area contributed by atoms with Gasteiger partial charge in [0.05, 0.1) is 11.2 Å². The Labute approximate surface area is 158 Å². The van der Waals surface area contributed by atoms with Crippen LogP contribution in [0.5, 0.6) is 5.75 Å². The Balaban J connectivity index is 1.76. The van der Waals surface area contributed by atoms with Crippen molar-refractivity contribution in [3.8, 4) is 5.75 Å². The molecule has 0 bridgehead atoms. The lowest BCUT2D eigenvalue weighted by atomic mass is 10.1. The van der Waals surface area contributed by atoms with Crippen molar-refractivity contribution in [2.75, 3.05) is 11.4 Å². The lowest BCUT2D eigenvalue weighted by Crippen LogP contribution is -2.31. The van der Waals surface area contributed by atoms with Crippen LogP contribution in [0.25, 0.3) is 0 Å². The molecule has 3 aromatic rings. The Morgan fingerprint density at radius 1 is 1.15 bits per heavy atom. The molecule has 0 fully saturated rings. The smallest absolute Gasteiger partial charge is 0.258 e. The molecule has 0 aliphatic rings. The number of hydrogen-bond acceptors (Lipinski definition) is 4. The van der Waals surface area contributed by atoms with Crippen molar-refractivity contribution in [3.63, 3.8) is 0 Å². The van der Waals surface area contributed by atoms with Crippen molar-refractivity contribution in [2.45, 2.75) is 26.4 Å². The molecule has 0 spiro atoms. The van der Waals surface area contributed by atoms with E-state index in [1.165, 1.54) is 11.3 Å². The lowest BCUT2D eigenvalue weighted by Gasteiger charge is -2.23. The van der Waals surface area contributed by atoms with Crippen LogP contribution >= 0.6 is 11.3 Å². The molecule has 0 radical (unpaired) electrons. The quantitative estimate of drug-likeness (QED) is 0.552. The molecule has 0 unspecified atom stereocenters. The average Bonchev–Trinajstić information content (AvgIpc) is 3.21. The first-order valence-electron chi connectivity index (χ1n) is 8.74. The van der Waals surface area contributed by atoms with Gasteiger partial charge in [-0.25, -0.2) is 4.98 Å². The number of carbonyl (C=O) groups excluding carboxylic acids is 1. The van der Waals surface area contributed by atoms with Crippen LogP contribution in [-0.2, 0) is 6.61 Å². The van der Waals surface area contributed by atoms with Gasteiger partial charge in [0.25, 0.3) is 5.91 Å². The maximum Gasteiger partial charge on any atom is 0.258 e. The van der Waals surface area contributed by atoms with Gasteiger partial charge in [-0.05, 0) is 36.8 Å². The summed E-state index contributed by atoms with van der Waals surface area (Å²) in [4.78, 5) is 19.1.